The number of nitrogens with zero attached hydrogens (tertiary/aromatic N) is 3. The second kappa shape index (κ2) is 23.0. The molecule has 0 spiro atoms. The van der Waals surface area contributed by atoms with E-state index in [-0.39, 0.29) is 65.9 Å². The molecule has 1 saturated carbocycles. The van der Waals surface area contributed by atoms with Gasteiger partial charge in [0.2, 0.25) is 23.6 Å². The lowest BCUT2D eigenvalue weighted by Gasteiger charge is -2.42. The number of ketones is 1. The fraction of sp³-hybridized carbons (Fsp3) is 0.667. The average molecular weight is 1050 g/mol. The molecule has 4 aliphatic heterocycles. The molecule has 17 nitrogen and oxygen atoms in total. The number of alkyl carbamates (subject to hydrolysis) is 1. The third-order valence-corrected chi connectivity index (χ3v) is 17.5. The van der Waals surface area contributed by atoms with Gasteiger partial charge in [0.25, 0.3) is 0 Å². The van der Waals surface area contributed by atoms with E-state index in [1.165, 1.54) is 54.7 Å². The summed E-state index contributed by atoms with van der Waals surface area (Å²) in [5.41, 5.74) is -1.64. The molecule has 5 amide bonds. The van der Waals surface area contributed by atoms with Crippen molar-refractivity contribution in [2.24, 2.45) is 23.2 Å². The van der Waals surface area contributed by atoms with Crippen molar-refractivity contribution in [2.75, 3.05) is 51.3 Å². The minimum atomic E-state index is -1.87. The van der Waals surface area contributed by atoms with E-state index in [2.05, 4.69) is 17.9 Å². The number of hydrogen-bond donors (Lipinski definition) is 3. The molecule has 1 aliphatic carbocycles. The number of amides is 5. The summed E-state index contributed by atoms with van der Waals surface area (Å²) in [5.74, 6) is -1.50. The molecule has 71 heavy (non-hydrogen) atoms. The molecule has 1 aromatic rings. The number of likely N-dealkylation sites (N-methyl/N-ethyl adjacent to an activating group) is 1. The molecule has 0 unspecified atom stereocenters. The number of thiol groups is 1. The predicted octanol–water partition coefficient (Wildman–Crippen LogP) is 6.10. The van der Waals surface area contributed by atoms with Crippen LogP contribution >= 0.6 is 36.0 Å². The number of allylic oxidation sites excluding steroid dienone is 3. The first-order valence-corrected chi connectivity index (χ1v) is 26.4. The first kappa shape index (κ1) is 56.2. The number of Topliss-reactive ketones (excluding diaryl/α,β-unsaturated/α-hetero) is 1. The Balaban J connectivity index is 1.13. The number of epoxide rings is 1. The lowest BCUT2D eigenvalue weighted by Crippen LogP contribution is -2.63. The van der Waals surface area contributed by atoms with Gasteiger partial charge in [-0.15, -0.1) is 11.8 Å². The second-order valence-corrected chi connectivity index (χ2v) is 22.7. The van der Waals surface area contributed by atoms with Gasteiger partial charge in [0.15, 0.2) is 5.72 Å². The Morgan fingerprint density at radius 3 is 2.44 bits per heavy atom. The van der Waals surface area contributed by atoms with Crippen LogP contribution in [-0.2, 0) is 54.1 Å². The molecule has 1 aromatic carbocycles. The molecule has 9 atom stereocenters. The summed E-state index contributed by atoms with van der Waals surface area (Å²) >= 11 is 12.4. The standard InChI is InChI=1S/C51H71ClN4O13S2/c1-28-12-11-13-38(66-10)51(64)25-36(67-48(63)53-51)29(2)45-50(6,69-45)39(24-41(58)55(8)34-21-32(20-28)22-35(65-9)43(34)52)68-47(62)30(3)54(7)40(57)18-19-71-37-23-42(59)56(46(37)61)26-31-14-16-33(17-15-31)44(60)49(4,5)27-70/h11-13,21-22,29-31,33,36-39,45,64,70H,14-20,23-27H2,1-10H3,(H,53,63)/b13-11+,28-12+/t29-,30+,31?,33?,36+,37+,38-,39+,45+,50+,51+/m1/s1. The van der Waals surface area contributed by atoms with Gasteiger partial charge in [-0.25, -0.2) is 9.59 Å². The number of likely N-dealkylation sites (tertiary alicyclic amines) is 1. The first-order chi connectivity index (χ1) is 33.4. The number of aliphatic hydroxyl groups is 1. The second-order valence-electron chi connectivity index (χ2n) is 20.7. The van der Waals surface area contributed by atoms with Crippen molar-refractivity contribution >= 4 is 83.2 Å². The molecule has 0 radical (unpaired) electrons. The molecule has 5 aliphatic rings. The number of halogens is 1. The summed E-state index contributed by atoms with van der Waals surface area (Å²) in [6.07, 6.45) is 3.40. The number of carbonyl (C=O) groups excluding carboxylic acids is 7. The van der Waals surface area contributed by atoms with E-state index in [1.807, 2.05) is 26.8 Å². The number of imide groups is 1. The number of fused-ring (bicyclic) bond motifs is 5. The Bertz CT molecular complexity index is 2290. The normalized spacial score (nSPS) is 32.2. The molecule has 4 fully saturated rings. The van der Waals surface area contributed by atoms with Crippen molar-refractivity contribution in [1.82, 2.24) is 15.1 Å². The van der Waals surface area contributed by atoms with Crippen LogP contribution in [0.15, 0.2) is 35.9 Å². The van der Waals surface area contributed by atoms with Crippen LogP contribution in [0.25, 0.3) is 0 Å². The molecule has 6 rings (SSSR count). The number of anilines is 1. The van der Waals surface area contributed by atoms with E-state index in [1.54, 1.807) is 45.2 Å². The van der Waals surface area contributed by atoms with Crippen LogP contribution < -0.4 is 15.0 Å². The molecule has 2 N–H and O–H groups in total. The fourth-order valence-electron chi connectivity index (χ4n) is 10.2. The maximum Gasteiger partial charge on any atom is 0.409 e. The van der Waals surface area contributed by atoms with Crippen LogP contribution in [0.1, 0.15) is 98.5 Å². The minimum absolute atomic E-state index is 0.0319. The zero-order valence-corrected chi connectivity index (χ0v) is 45.0. The third kappa shape index (κ3) is 12.6. The summed E-state index contributed by atoms with van der Waals surface area (Å²) in [7, 11) is 5.91. The highest BCUT2D eigenvalue weighted by atomic mass is 35.5. The van der Waals surface area contributed by atoms with Gasteiger partial charge in [0.05, 0.1) is 30.6 Å². The van der Waals surface area contributed by atoms with Gasteiger partial charge in [-0.3, -0.25) is 34.2 Å². The molecule has 0 aromatic heterocycles. The Morgan fingerprint density at radius 1 is 1.10 bits per heavy atom. The van der Waals surface area contributed by atoms with E-state index in [0.717, 1.165) is 36.8 Å². The number of ether oxygens (including phenoxy) is 5. The number of carbonyl (C=O) groups is 7. The molecule has 20 heteroatoms. The highest BCUT2D eigenvalue weighted by Crippen LogP contribution is 2.49. The number of esters is 1. The monoisotopic (exact) mass is 1050 g/mol. The lowest BCUT2D eigenvalue weighted by atomic mass is 9.73. The van der Waals surface area contributed by atoms with E-state index in [0.29, 0.717) is 30.2 Å². The molecular weight excluding hydrogens is 976 g/mol. The predicted molar refractivity (Wildman–Crippen MR) is 271 cm³/mol. The largest absolute Gasteiger partial charge is 0.495 e. The third-order valence-electron chi connectivity index (χ3n) is 15.1. The van der Waals surface area contributed by atoms with Gasteiger partial charge in [-0.1, -0.05) is 56.2 Å². The van der Waals surface area contributed by atoms with Crippen LogP contribution in [-0.4, -0.2) is 150 Å². The van der Waals surface area contributed by atoms with Gasteiger partial charge >= 0.3 is 12.1 Å². The number of benzene rings is 1. The molecular formula is C51H71ClN4O13S2. The first-order valence-electron chi connectivity index (χ1n) is 24.3. The van der Waals surface area contributed by atoms with Crippen LogP contribution in [0.3, 0.4) is 0 Å². The van der Waals surface area contributed by atoms with E-state index in [9.17, 15) is 38.7 Å². The van der Waals surface area contributed by atoms with E-state index >= 15 is 0 Å². The van der Waals surface area contributed by atoms with Crippen molar-refractivity contribution in [2.45, 2.75) is 146 Å². The highest BCUT2D eigenvalue weighted by molar-refractivity contribution is 8.00. The number of thioether (sulfide) groups is 1. The van der Waals surface area contributed by atoms with Gasteiger partial charge in [-0.05, 0) is 76.5 Å². The van der Waals surface area contributed by atoms with E-state index < -0.39 is 82.2 Å². The number of hydrogen-bond acceptors (Lipinski definition) is 15. The molecule has 4 heterocycles. The number of methoxy groups -OCH3 is 2. The highest BCUT2D eigenvalue weighted by Gasteiger charge is 2.64. The van der Waals surface area contributed by atoms with Gasteiger partial charge in [0.1, 0.15) is 46.5 Å². The number of nitrogens with one attached hydrogen (secondary N) is 1. The van der Waals surface area contributed by atoms with Crippen LogP contribution in [0.4, 0.5) is 10.5 Å². The zero-order chi connectivity index (χ0) is 52.3. The van der Waals surface area contributed by atoms with Crippen LogP contribution in [0.5, 0.6) is 5.75 Å². The Hall–Kier alpha value is -4.14. The number of rotatable bonds is 14. The van der Waals surface area contributed by atoms with E-state index in [4.69, 9.17) is 35.3 Å². The summed E-state index contributed by atoms with van der Waals surface area (Å²) in [6.45, 7) is 11.0. The lowest BCUT2D eigenvalue weighted by molar-refractivity contribution is -0.162. The van der Waals surface area contributed by atoms with Crippen molar-refractivity contribution in [3.05, 3.63) is 46.5 Å². The summed E-state index contributed by atoms with van der Waals surface area (Å²) < 4.78 is 29.5. The van der Waals surface area contributed by atoms with Crippen molar-refractivity contribution in [1.29, 1.82) is 0 Å². The average Bonchev–Trinajstić information content (AvgIpc) is 3.96. The minimum Gasteiger partial charge on any atom is -0.495 e. The Labute approximate surface area is 431 Å². The van der Waals surface area contributed by atoms with Crippen LogP contribution in [0.2, 0.25) is 5.02 Å². The smallest absolute Gasteiger partial charge is 0.409 e. The molecule has 392 valence electrons. The Kier molecular flexibility index (Phi) is 18.2. The van der Waals surface area contributed by atoms with Gasteiger partial charge in [0, 0.05) is 75.8 Å². The maximum atomic E-state index is 14.4. The fourth-order valence-corrected chi connectivity index (χ4v) is 11.7. The Morgan fingerprint density at radius 2 is 1.79 bits per heavy atom. The van der Waals surface area contributed by atoms with Crippen LogP contribution in [0, 0.1) is 23.2 Å². The summed E-state index contributed by atoms with van der Waals surface area (Å²) in [6, 6.07) is 2.42. The zero-order valence-electron chi connectivity index (χ0n) is 42.5. The summed E-state index contributed by atoms with van der Waals surface area (Å²) in [5, 5.41) is 13.9. The molecule has 3 saturated heterocycles. The quantitative estimate of drug-likeness (QED) is 0.0833. The van der Waals surface area contributed by atoms with Crippen molar-refractivity contribution < 1.29 is 62.4 Å². The topological polar surface area (TPSA) is 211 Å². The summed E-state index contributed by atoms with van der Waals surface area (Å²) in [4.78, 5) is 98.5. The molecule has 4 bridgehead atoms. The van der Waals surface area contributed by atoms with Gasteiger partial charge in [-0.2, -0.15) is 12.6 Å². The SMILES string of the molecule is COc1cc2cc(c1Cl)N(C)C(=O)C[C@H](OC(=O)[C@H](C)N(C)C(=O)CCS[C@H]1CC(=O)N(CC3CCC(C(=O)C(C)(C)CS)CC3)C1=O)[C@]1(C)O[C@H]1[C@H](C)[C@@H]1C[C@@](O)(NC(=O)O1)[C@H](OC)/C=C/C=C(\C)C2. The van der Waals surface area contributed by atoms with Crippen molar-refractivity contribution in [3.63, 3.8) is 0 Å². The van der Waals surface area contributed by atoms with Crippen molar-refractivity contribution in [3.8, 4) is 5.75 Å². The van der Waals surface area contributed by atoms with Gasteiger partial charge < -0.3 is 38.6 Å². The maximum absolute atomic E-state index is 14.4.